The van der Waals surface area contributed by atoms with Crippen molar-refractivity contribution in [3.63, 3.8) is 0 Å². The molecule has 0 radical (unpaired) electrons. The molecular formula is C14H13BrFNO3S. The van der Waals surface area contributed by atoms with Crippen molar-refractivity contribution in [2.75, 3.05) is 4.72 Å². The summed E-state index contributed by atoms with van der Waals surface area (Å²) < 4.78 is 41.0. The molecule has 0 fully saturated rings. The van der Waals surface area contributed by atoms with E-state index in [9.17, 15) is 17.9 Å². The smallest absolute Gasteiger partial charge is 0.264 e. The molecule has 0 atom stereocenters. The van der Waals surface area contributed by atoms with E-state index in [0.717, 1.165) is 6.07 Å². The van der Waals surface area contributed by atoms with Gasteiger partial charge in [-0.3, -0.25) is 4.72 Å². The summed E-state index contributed by atoms with van der Waals surface area (Å²) in [4.78, 5) is -0.454. The van der Waals surface area contributed by atoms with Gasteiger partial charge in [-0.05, 0) is 43.7 Å². The molecule has 7 heteroatoms. The van der Waals surface area contributed by atoms with Crippen LogP contribution in [0.2, 0.25) is 0 Å². The molecule has 0 aromatic heterocycles. The first-order valence-corrected chi connectivity index (χ1v) is 8.27. The van der Waals surface area contributed by atoms with Crippen molar-refractivity contribution in [1.82, 2.24) is 0 Å². The van der Waals surface area contributed by atoms with E-state index < -0.39 is 20.7 Å². The number of halogens is 2. The fraction of sp³-hybridized carbons (Fsp3) is 0.143. The molecule has 21 heavy (non-hydrogen) atoms. The molecule has 0 heterocycles. The van der Waals surface area contributed by atoms with Crippen LogP contribution in [-0.2, 0) is 10.0 Å². The van der Waals surface area contributed by atoms with Crippen LogP contribution in [0.1, 0.15) is 11.1 Å². The average molecular weight is 374 g/mol. The van der Waals surface area contributed by atoms with Gasteiger partial charge >= 0.3 is 0 Å². The van der Waals surface area contributed by atoms with Gasteiger partial charge in [0.05, 0.1) is 5.69 Å². The average Bonchev–Trinajstić information content (AvgIpc) is 2.39. The molecule has 0 aliphatic heterocycles. The van der Waals surface area contributed by atoms with Crippen molar-refractivity contribution in [3.8, 4) is 5.75 Å². The van der Waals surface area contributed by atoms with E-state index in [1.807, 2.05) is 0 Å². The van der Waals surface area contributed by atoms with E-state index in [0.29, 0.717) is 15.6 Å². The quantitative estimate of drug-likeness (QED) is 0.861. The minimum Gasteiger partial charge on any atom is -0.507 e. The van der Waals surface area contributed by atoms with Crippen LogP contribution in [0.25, 0.3) is 0 Å². The molecule has 0 aliphatic rings. The van der Waals surface area contributed by atoms with E-state index in [1.165, 1.54) is 18.2 Å². The van der Waals surface area contributed by atoms with Gasteiger partial charge in [0.1, 0.15) is 16.5 Å². The van der Waals surface area contributed by atoms with Crippen LogP contribution < -0.4 is 4.72 Å². The second-order valence-corrected chi connectivity index (χ2v) is 7.15. The van der Waals surface area contributed by atoms with Crippen molar-refractivity contribution < 1.29 is 17.9 Å². The fourth-order valence-electron chi connectivity index (χ4n) is 1.84. The lowest BCUT2D eigenvalue weighted by Crippen LogP contribution is -2.15. The standard InChI is InChI=1S/C14H13BrFNO3S/c1-8-3-5-12(9(2)14(8)18)17-21(19,20)13-6-4-10(15)7-11(13)16/h3-7,17-18H,1-2H3. The van der Waals surface area contributed by atoms with Gasteiger partial charge in [0.15, 0.2) is 0 Å². The van der Waals surface area contributed by atoms with Gasteiger partial charge in [-0.25, -0.2) is 12.8 Å². The lowest BCUT2D eigenvalue weighted by molar-refractivity contribution is 0.467. The molecule has 2 aromatic rings. The van der Waals surface area contributed by atoms with Crippen molar-refractivity contribution in [3.05, 3.63) is 51.7 Å². The number of nitrogens with one attached hydrogen (secondary N) is 1. The maximum atomic E-state index is 13.8. The first kappa shape index (κ1) is 15.8. The largest absolute Gasteiger partial charge is 0.507 e. The third-order valence-corrected chi connectivity index (χ3v) is 4.95. The second kappa shape index (κ2) is 5.65. The number of aromatic hydroxyl groups is 1. The third kappa shape index (κ3) is 3.19. The zero-order valence-corrected chi connectivity index (χ0v) is 13.7. The van der Waals surface area contributed by atoms with Crippen molar-refractivity contribution in [1.29, 1.82) is 0 Å². The molecule has 4 nitrogen and oxygen atoms in total. The Morgan fingerprint density at radius 3 is 2.48 bits per heavy atom. The van der Waals surface area contributed by atoms with Gasteiger partial charge in [-0.1, -0.05) is 22.0 Å². The summed E-state index contributed by atoms with van der Waals surface area (Å²) in [6.45, 7) is 3.28. The van der Waals surface area contributed by atoms with Gasteiger partial charge in [0.25, 0.3) is 10.0 Å². The van der Waals surface area contributed by atoms with Crippen LogP contribution >= 0.6 is 15.9 Å². The number of rotatable bonds is 3. The number of benzene rings is 2. The first-order chi connectivity index (χ1) is 9.72. The Labute approximate surface area is 130 Å². The van der Waals surface area contributed by atoms with E-state index in [2.05, 4.69) is 20.7 Å². The van der Waals surface area contributed by atoms with Gasteiger partial charge in [0.2, 0.25) is 0 Å². The molecule has 0 saturated carbocycles. The topological polar surface area (TPSA) is 66.4 Å². The Morgan fingerprint density at radius 1 is 1.19 bits per heavy atom. The summed E-state index contributed by atoms with van der Waals surface area (Å²) >= 11 is 3.07. The highest BCUT2D eigenvalue weighted by Crippen LogP contribution is 2.30. The summed E-state index contributed by atoms with van der Waals surface area (Å²) in [5.41, 5.74) is 1.22. The lowest BCUT2D eigenvalue weighted by Gasteiger charge is -2.13. The molecule has 0 spiro atoms. The Kier molecular flexibility index (Phi) is 4.25. The minimum absolute atomic E-state index is 0.00600. The zero-order valence-electron chi connectivity index (χ0n) is 11.3. The van der Waals surface area contributed by atoms with E-state index >= 15 is 0 Å². The van der Waals surface area contributed by atoms with Crippen LogP contribution in [0.5, 0.6) is 5.75 Å². The van der Waals surface area contributed by atoms with Crippen LogP contribution in [0.4, 0.5) is 10.1 Å². The third-order valence-electron chi connectivity index (χ3n) is 3.06. The number of hydrogen-bond donors (Lipinski definition) is 2. The van der Waals surface area contributed by atoms with Crippen LogP contribution in [0, 0.1) is 19.7 Å². The number of anilines is 1. The predicted octanol–water partition coefficient (Wildman–Crippen LogP) is 3.71. The maximum absolute atomic E-state index is 13.8. The van der Waals surface area contributed by atoms with Crippen molar-refractivity contribution in [2.45, 2.75) is 18.7 Å². The monoisotopic (exact) mass is 373 g/mol. The molecule has 0 amide bonds. The summed E-state index contributed by atoms with van der Waals surface area (Å²) in [6, 6.07) is 6.80. The summed E-state index contributed by atoms with van der Waals surface area (Å²) in [5, 5.41) is 9.83. The minimum atomic E-state index is -4.07. The summed E-state index contributed by atoms with van der Waals surface area (Å²) in [6.07, 6.45) is 0. The summed E-state index contributed by atoms with van der Waals surface area (Å²) in [5.74, 6) is -0.850. The predicted molar refractivity (Wildman–Crippen MR) is 82.5 cm³/mol. The Hall–Kier alpha value is -1.60. The molecule has 0 saturated heterocycles. The number of hydrogen-bond acceptors (Lipinski definition) is 3. The molecule has 0 aliphatic carbocycles. The number of phenols is 1. The van der Waals surface area contributed by atoms with Gasteiger partial charge < -0.3 is 5.11 Å². The Morgan fingerprint density at radius 2 is 1.86 bits per heavy atom. The Bertz CT molecular complexity index is 806. The molecule has 0 bridgehead atoms. The second-order valence-electron chi connectivity index (χ2n) is 4.58. The molecule has 2 aromatic carbocycles. The molecule has 2 N–H and O–H groups in total. The molecule has 112 valence electrons. The van der Waals surface area contributed by atoms with Crippen LogP contribution in [0.3, 0.4) is 0 Å². The molecule has 2 rings (SSSR count). The first-order valence-electron chi connectivity index (χ1n) is 5.99. The van der Waals surface area contributed by atoms with Crippen LogP contribution in [-0.4, -0.2) is 13.5 Å². The van der Waals surface area contributed by atoms with E-state index in [1.54, 1.807) is 19.9 Å². The highest BCUT2D eigenvalue weighted by molar-refractivity contribution is 9.10. The van der Waals surface area contributed by atoms with Crippen LogP contribution in [0.15, 0.2) is 39.7 Å². The molecular weight excluding hydrogens is 361 g/mol. The molecule has 0 unspecified atom stereocenters. The fourth-order valence-corrected chi connectivity index (χ4v) is 3.36. The zero-order chi connectivity index (χ0) is 15.8. The van der Waals surface area contributed by atoms with E-state index in [4.69, 9.17) is 0 Å². The number of phenolic OH excluding ortho intramolecular Hbond substituents is 1. The van der Waals surface area contributed by atoms with Gasteiger partial charge in [-0.15, -0.1) is 0 Å². The number of sulfonamides is 1. The Balaban J connectivity index is 2.45. The maximum Gasteiger partial charge on any atom is 0.264 e. The SMILES string of the molecule is Cc1ccc(NS(=O)(=O)c2ccc(Br)cc2F)c(C)c1O. The van der Waals surface area contributed by atoms with Crippen molar-refractivity contribution >= 4 is 31.6 Å². The highest BCUT2D eigenvalue weighted by Gasteiger charge is 2.20. The van der Waals surface area contributed by atoms with Gasteiger partial charge in [-0.2, -0.15) is 0 Å². The van der Waals surface area contributed by atoms with Gasteiger partial charge in [0, 0.05) is 10.0 Å². The summed E-state index contributed by atoms with van der Waals surface area (Å²) in [7, 11) is -4.07. The highest BCUT2D eigenvalue weighted by atomic mass is 79.9. The van der Waals surface area contributed by atoms with Crippen molar-refractivity contribution in [2.24, 2.45) is 0 Å². The number of aryl methyl sites for hydroxylation is 1. The van der Waals surface area contributed by atoms with E-state index in [-0.39, 0.29) is 11.4 Å². The normalized spacial score (nSPS) is 11.4. The lowest BCUT2D eigenvalue weighted by atomic mass is 10.1.